The lowest BCUT2D eigenvalue weighted by atomic mass is 10.2. The van der Waals surface area contributed by atoms with Crippen LogP contribution in [-0.2, 0) is 17.9 Å². The average Bonchev–Trinajstić information content (AvgIpc) is 2.54. The van der Waals surface area contributed by atoms with Gasteiger partial charge in [0.2, 0.25) is 5.91 Å². The normalized spacial score (nSPS) is 10.7. The standard InChI is InChI=1S/C19H23BrN2O2/c1-14(2)22-19(23)12-21-11-16-8-9-18(17(20)10-16)24-13-15-6-4-3-5-7-15/h3-10,14,21H,11-13H2,1-2H3,(H,22,23). The van der Waals surface area contributed by atoms with E-state index in [1.807, 2.05) is 62.4 Å². The molecule has 0 aliphatic heterocycles. The zero-order valence-electron chi connectivity index (χ0n) is 14.0. The molecular formula is C19H23BrN2O2. The summed E-state index contributed by atoms with van der Waals surface area (Å²) in [6.45, 7) is 5.36. The molecule has 1 amide bonds. The van der Waals surface area contributed by atoms with Gasteiger partial charge in [0.1, 0.15) is 12.4 Å². The Morgan fingerprint density at radius 2 is 1.88 bits per heavy atom. The van der Waals surface area contributed by atoms with Crippen molar-refractivity contribution in [3.8, 4) is 5.75 Å². The second-order valence-electron chi connectivity index (χ2n) is 5.86. The number of amides is 1. The molecule has 0 fully saturated rings. The number of nitrogens with one attached hydrogen (secondary N) is 2. The third-order valence-electron chi connectivity index (χ3n) is 3.30. The summed E-state index contributed by atoms with van der Waals surface area (Å²) >= 11 is 3.54. The van der Waals surface area contributed by atoms with Crippen LogP contribution in [0.2, 0.25) is 0 Å². The van der Waals surface area contributed by atoms with Crippen molar-refractivity contribution in [2.24, 2.45) is 0 Å². The van der Waals surface area contributed by atoms with Gasteiger partial charge in [-0.05, 0) is 53.0 Å². The molecule has 0 unspecified atom stereocenters. The monoisotopic (exact) mass is 390 g/mol. The average molecular weight is 391 g/mol. The van der Waals surface area contributed by atoms with Crippen LogP contribution in [0.4, 0.5) is 0 Å². The van der Waals surface area contributed by atoms with Crippen molar-refractivity contribution in [3.63, 3.8) is 0 Å². The molecule has 0 spiro atoms. The van der Waals surface area contributed by atoms with E-state index >= 15 is 0 Å². The molecule has 24 heavy (non-hydrogen) atoms. The summed E-state index contributed by atoms with van der Waals surface area (Å²) in [5.74, 6) is 0.812. The predicted molar refractivity (Wildman–Crippen MR) is 99.9 cm³/mol. The van der Waals surface area contributed by atoms with Crippen LogP contribution in [0.25, 0.3) is 0 Å². The highest BCUT2D eigenvalue weighted by Gasteiger charge is 2.05. The summed E-state index contributed by atoms with van der Waals surface area (Å²) in [6, 6.07) is 16.2. The summed E-state index contributed by atoms with van der Waals surface area (Å²) in [5, 5.41) is 5.99. The molecule has 5 heteroatoms. The zero-order valence-corrected chi connectivity index (χ0v) is 15.6. The molecular weight excluding hydrogens is 368 g/mol. The minimum Gasteiger partial charge on any atom is -0.488 e. The van der Waals surface area contributed by atoms with Gasteiger partial charge in [-0.25, -0.2) is 0 Å². The van der Waals surface area contributed by atoms with Gasteiger partial charge in [0.05, 0.1) is 11.0 Å². The van der Waals surface area contributed by atoms with Gasteiger partial charge >= 0.3 is 0 Å². The third kappa shape index (κ3) is 6.34. The van der Waals surface area contributed by atoms with Gasteiger partial charge in [-0.1, -0.05) is 36.4 Å². The number of carbonyl (C=O) groups is 1. The molecule has 0 bridgehead atoms. The van der Waals surface area contributed by atoms with Gasteiger partial charge in [0, 0.05) is 12.6 Å². The molecule has 2 rings (SSSR count). The Balaban J connectivity index is 1.82. The minimum atomic E-state index is 0.00637. The van der Waals surface area contributed by atoms with Crippen LogP contribution >= 0.6 is 15.9 Å². The molecule has 2 N–H and O–H groups in total. The highest BCUT2D eigenvalue weighted by atomic mass is 79.9. The number of halogens is 1. The van der Waals surface area contributed by atoms with Gasteiger partial charge in [-0.3, -0.25) is 4.79 Å². The van der Waals surface area contributed by atoms with Gasteiger partial charge < -0.3 is 15.4 Å². The molecule has 0 aliphatic carbocycles. The van der Waals surface area contributed by atoms with Crippen molar-refractivity contribution in [2.45, 2.75) is 33.0 Å². The lowest BCUT2D eigenvalue weighted by Gasteiger charge is -2.11. The van der Waals surface area contributed by atoms with Crippen LogP contribution in [-0.4, -0.2) is 18.5 Å². The molecule has 0 saturated heterocycles. The second-order valence-corrected chi connectivity index (χ2v) is 6.72. The first kappa shape index (κ1) is 18.5. The maximum absolute atomic E-state index is 11.6. The fourth-order valence-electron chi connectivity index (χ4n) is 2.20. The summed E-state index contributed by atoms with van der Waals surface area (Å²) in [4.78, 5) is 11.6. The van der Waals surface area contributed by atoms with E-state index in [2.05, 4.69) is 26.6 Å². The van der Waals surface area contributed by atoms with E-state index in [4.69, 9.17) is 4.74 Å². The van der Waals surface area contributed by atoms with Crippen LogP contribution in [0, 0.1) is 0 Å². The number of rotatable bonds is 8. The molecule has 0 aromatic heterocycles. The first-order chi connectivity index (χ1) is 11.5. The zero-order chi connectivity index (χ0) is 17.4. The Morgan fingerprint density at radius 1 is 1.12 bits per heavy atom. The maximum Gasteiger partial charge on any atom is 0.234 e. The first-order valence-corrected chi connectivity index (χ1v) is 8.79. The number of ether oxygens (including phenoxy) is 1. The SMILES string of the molecule is CC(C)NC(=O)CNCc1ccc(OCc2ccccc2)c(Br)c1. The van der Waals surface area contributed by atoms with Crippen LogP contribution in [0.5, 0.6) is 5.75 Å². The van der Waals surface area contributed by atoms with Crippen LogP contribution in [0.3, 0.4) is 0 Å². The molecule has 0 atom stereocenters. The molecule has 0 aliphatic rings. The molecule has 0 saturated carbocycles. The Labute approximate surface area is 151 Å². The Hall–Kier alpha value is -1.85. The van der Waals surface area contributed by atoms with Crippen molar-refractivity contribution in [1.29, 1.82) is 0 Å². The van der Waals surface area contributed by atoms with E-state index in [0.29, 0.717) is 19.7 Å². The van der Waals surface area contributed by atoms with Crippen molar-refractivity contribution in [1.82, 2.24) is 10.6 Å². The summed E-state index contributed by atoms with van der Waals surface area (Å²) in [7, 11) is 0. The van der Waals surface area contributed by atoms with Gasteiger partial charge in [0.25, 0.3) is 0 Å². The van der Waals surface area contributed by atoms with Crippen LogP contribution in [0.1, 0.15) is 25.0 Å². The van der Waals surface area contributed by atoms with E-state index < -0.39 is 0 Å². The van der Waals surface area contributed by atoms with Crippen LogP contribution in [0.15, 0.2) is 53.0 Å². The molecule has 0 radical (unpaired) electrons. The van der Waals surface area contributed by atoms with Crippen LogP contribution < -0.4 is 15.4 Å². The smallest absolute Gasteiger partial charge is 0.234 e. The maximum atomic E-state index is 11.6. The first-order valence-electron chi connectivity index (χ1n) is 8.00. The second kappa shape index (κ2) is 9.45. The quantitative estimate of drug-likeness (QED) is 0.723. The molecule has 128 valence electrons. The van der Waals surface area contributed by atoms with Crippen molar-refractivity contribution < 1.29 is 9.53 Å². The summed E-state index contributed by atoms with van der Waals surface area (Å²) < 4.78 is 6.74. The largest absolute Gasteiger partial charge is 0.488 e. The predicted octanol–water partition coefficient (Wildman–Crippen LogP) is 3.64. The lowest BCUT2D eigenvalue weighted by molar-refractivity contribution is -0.120. The van der Waals surface area contributed by atoms with Gasteiger partial charge in [-0.2, -0.15) is 0 Å². The number of carbonyl (C=O) groups excluding carboxylic acids is 1. The number of benzene rings is 2. The van der Waals surface area contributed by atoms with E-state index in [1.54, 1.807) is 0 Å². The van der Waals surface area contributed by atoms with E-state index in [-0.39, 0.29) is 11.9 Å². The Kier molecular flexibility index (Phi) is 7.28. The topological polar surface area (TPSA) is 50.4 Å². The molecule has 4 nitrogen and oxygen atoms in total. The van der Waals surface area contributed by atoms with Crippen molar-refractivity contribution in [2.75, 3.05) is 6.54 Å². The van der Waals surface area contributed by atoms with Gasteiger partial charge in [-0.15, -0.1) is 0 Å². The highest BCUT2D eigenvalue weighted by molar-refractivity contribution is 9.10. The number of hydrogen-bond acceptors (Lipinski definition) is 3. The van der Waals surface area contributed by atoms with E-state index in [9.17, 15) is 4.79 Å². The van der Waals surface area contributed by atoms with E-state index in [1.165, 1.54) is 0 Å². The molecule has 0 heterocycles. The fourth-order valence-corrected chi connectivity index (χ4v) is 2.74. The molecule has 2 aromatic rings. The Bertz CT molecular complexity index is 660. The summed E-state index contributed by atoms with van der Waals surface area (Å²) in [6.07, 6.45) is 0. The molecule has 2 aromatic carbocycles. The Morgan fingerprint density at radius 3 is 2.54 bits per heavy atom. The fraction of sp³-hybridized carbons (Fsp3) is 0.316. The summed E-state index contributed by atoms with van der Waals surface area (Å²) in [5.41, 5.74) is 2.22. The van der Waals surface area contributed by atoms with E-state index in [0.717, 1.165) is 21.3 Å². The number of hydrogen-bond donors (Lipinski definition) is 2. The van der Waals surface area contributed by atoms with Crippen molar-refractivity contribution >= 4 is 21.8 Å². The highest BCUT2D eigenvalue weighted by Crippen LogP contribution is 2.26. The van der Waals surface area contributed by atoms with Crippen molar-refractivity contribution in [3.05, 3.63) is 64.1 Å². The third-order valence-corrected chi connectivity index (χ3v) is 3.92. The van der Waals surface area contributed by atoms with Gasteiger partial charge in [0.15, 0.2) is 0 Å². The minimum absolute atomic E-state index is 0.00637. The lowest BCUT2D eigenvalue weighted by Crippen LogP contribution is -2.37.